The lowest BCUT2D eigenvalue weighted by Crippen LogP contribution is -2.12. The van der Waals surface area contributed by atoms with Crippen LogP contribution < -0.4 is 5.63 Å². The zero-order chi connectivity index (χ0) is 13.4. The molecule has 5 nitrogen and oxygen atoms in total. The minimum absolute atomic E-state index is 0.140. The first-order valence-electron chi connectivity index (χ1n) is 4.75. The Morgan fingerprint density at radius 1 is 1.33 bits per heavy atom. The summed E-state index contributed by atoms with van der Waals surface area (Å²) in [6.07, 6.45) is -0.623. The van der Waals surface area contributed by atoms with E-state index < -0.39 is 41.0 Å². The van der Waals surface area contributed by atoms with Gasteiger partial charge in [-0.15, -0.1) is 0 Å². The number of hydrogen-bond donors (Lipinski definition) is 2. The molecule has 2 rings (SSSR count). The molecular weight excluding hydrogens is 250 g/mol. The summed E-state index contributed by atoms with van der Waals surface area (Å²) in [6, 6.07) is 1.77. The minimum Gasteiger partial charge on any atom is -0.503 e. The Kier molecular flexibility index (Phi) is 2.74. The predicted octanol–water partition coefficient (Wildman–Crippen LogP) is 1.40. The Morgan fingerprint density at radius 2 is 2.00 bits per heavy atom. The number of carboxylic acids is 1. The van der Waals surface area contributed by atoms with E-state index in [-0.39, 0.29) is 10.9 Å². The van der Waals surface area contributed by atoms with Crippen molar-refractivity contribution in [1.29, 1.82) is 0 Å². The highest BCUT2D eigenvalue weighted by atomic mass is 19.1. The zero-order valence-corrected chi connectivity index (χ0v) is 8.74. The number of aliphatic carboxylic acids is 1. The van der Waals surface area contributed by atoms with Crippen LogP contribution in [0, 0.1) is 11.6 Å². The molecule has 0 bridgehead atoms. The Bertz CT molecular complexity index is 705. The second-order valence-corrected chi connectivity index (χ2v) is 3.57. The fraction of sp³-hybridized carbons (Fsp3) is 0.0909. The normalized spacial score (nSPS) is 10.8. The number of halogens is 2. The molecule has 0 amide bonds. The van der Waals surface area contributed by atoms with Gasteiger partial charge in [0, 0.05) is 10.9 Å². The molecule has 7 heteroatoms. The van der Waals surface area contributed by atoms with Gasteiger partial charge >= 0.3 is 11.6 Å². The lowest BCUT2D eigenvalue weighted by Gasteiger charge is -2.03. The van der Waals surface area contributed by atoms with E-state index in [1.165, 1.54) is 0 Å². The fourth-order valence-electron chi connectivity index (χ4n) is 1.51. The maximum atomic E-state index is 13.4. The van der Waals surface area contributed by atoms with E-state index in [2.05, 4.69) is 4.42 Å². The molecule has 94 valence electrons. The van der Waals surface area contributed by atoms with Gasteiger partial charge < -0.3 is 14.6 Å². The molecular formula is C11H6F2O5. The van der Waals surface area contributed by atoms with Crippen LogP contribution in [0.1, 0.15) is 5.56 Å². The average Bonchev–Trinajstić information content (AvgIpc) is 2.28. The molecule has 0 saturated heterocycles. The largest absolute Gasteiger partial charge is 0.503 e. The van der Waals surface area contributed by atoms with Gasteiger partial charge in [0.05, 0.1) is 6.42 Å². The van der Waals surface area contributed by atoms with Crippen LogP contribution in [-0.2, 0) is 11.2 Å². The lowest BCUT2D eigenvalue weighted by molar-refractivity contribution is -0.136. The highest BCUT2D eigenvalue weighted by Gasteiger charge is 2.17. The number of fused-ring (bicyclic) bond motifs is 1. The summed E-state index contributed by atoms with van der Waals surface area (Å²) in [5.41, 5.74) is -1.90. The fourth-order valence-corrected chi connectivity index (χ4v) is 1.51. The Labute approximate surface area is 97.9 Å². The van der Waals surface area contributed by atoms with Crippen LogP contribution in [0.4, 0.5) is 8.78 Å². The van der Waals surface area contributed by atoms with Crippen molar-refractivity contribution >= 4 is 16.9 Å². The number of carbonyl (C=O) groups is 1. The van der Waals surface area contributed by atoms with E-state index >= 15 is 0 Å². The van der Waals surface area contributed by atoms with E-state index in [1.54, 1.807) is 0 Å². The van der Waals surface area contributed by atoms with E-state index in [0.717, 1.165) is 12.1 Å². The van der Waals surface area contributed by atoms with Crippen LogP contribution in [0.5, 0.6) is 5.75 Å². The van der Waals surface area contributed by atoms with Crippen LogP contribution in [0.3, 0.4) is 0 Å². The molecule has 2 N–H and O–H groups in total. The summed E-state index contributed by atoms with van der Waals surface area (Å²) in [6.45, 7) is 0. The van der Waals surface area contributed by atoms with E-state index in [9.17, 15) is 18.4 Å². The third-order valence-electron chi connectivity index (χ3n) is 2.31. The predicted molar refractivity (Wildman–Crippen MR) is 55.4 cm³/mol. The Hall–Kier alpha value is -2.44. The van der Waals surface area contributed by atoms with Crippen LogP contribution >= 0.6 is 0 Å². The number of carboxylic acid groups (broad SMARTS) is 1. The van der Waals surface area contributed by atoms with Gasteiger partial charge in [0.1, 0.15) is 0 Å². The minimum atomic E-state index is -1.40. The third kappa shape index (κ3) is 1.90. The van der Waals surface area contributed by atoms with Crippen molar-refractivity contribution in [1.82, 2.24) is 0 Å². The molecule has 1 aromatic heterocycles. The molecule has 0 unspecified atom stereocenters. The second-order valence-electron chi connectivity index (χ2n) is 3.57. The van der Waals surface area contributed by atoms with Crippen molar-refractivity contribution in [3.63, 3.8) is 0 Å². The molecule has 18 heavy (non-hydrogen) atoms. The van der Waals surface area contributed by atoms with Gasteiger partial charge in [-0.2, -0.15) is 4.39 Å². The number of rotatable bonds is 2. The van der Waals surface area contributed by atoms with Crippen LogP contribution in [0.15, 0.2) is 21.3 Å². The monoisotopic (exact) mass is 256 g/mol. The summed E-state index contributed by atoms with van der Waals surface area (Å²) >= 11 is 0. The van der Waals surface area contributed by atoms with E-state index in [1.807, 2.05) is 0 Å². The summed E-state index contributed by atoms with van der Waals surface area (Å²) in [5, 5.41) is 17.4. The van der Waals surface area contributed by atoms with Crippen molar-refractivity contribution in [3.05, 3.63) is 39.8 Å². The number of phenols is 1. The molecule has 0 aliphatic carbocycles. The first-order chi connectivity index (χ1) is 8.40. The maximum absolute atomic E-state index is 13.4. The molecule has 0 fully saturated rings. The Morgan fingerprint density at radius 3 is 2.61 bits per heavy atom. The first-order valence-corrected chi connectivity index (χ1v) is 4.75. The van der Waals surface area contributed by atoms with Crippen LogP contribution in [-0.4, -0.2) is 16.2 Å². The van der Waals surface area contributed by atoms with Gasteiger partial charge in [-0.25, -0.2) is 9.18 Å². The number of phenolic OH excluding ortho intramolecular Hbond substituents is 1. The molecule has 0 spiro atoms. The van der Waals surface area contributed by atoms with Gasteiger partial charge in [0.15, 0.2) is 17.1 Å². The second kappa shape index (κ2) is 4.10. The first kappa shape index (κ1) is 12.0. The summed E-state index contributed by atoms with van der Waals surface area (Å²) in [4.78, 5) is 21.8. The molecule has 0 radical (unpaired) electrons. The standard InChI is InChI=1S/C11H6F2O5/c12-6-2-4-1-5(3-7(14)15)11(17)18-10(4)8(13)9(6)16/h1-2,16H,3H2,(H,14,15). The van der Waals surface area contributed by atoms with Gasteiger partial charge in [-0.05, 0) is 12.1 Å². The summed E-state index contributed by atoms with van der Waals surface area (Å²) in [5.74, 6) is -5.16. The molecule has 0 atom stereocenters. The van der Waals surface area contributed by atoms with Crippen molar-refractivity contribution in [2.45, 2.75) is 6.42 Å². The molecule has 2 aromatic rings. The van der Waals surface area contributed by atoms with Crippen molar-refractivity contribution < 1.29 is 28.2 Å². The number of aromatic hydroxyl groups is 1. The molecule has 0 saturated carbocycles. The highest BCUT2D eigenvalue weighted by Crippen LogP contribution is 2.28. The van der Waals surface area contributed by atoms with E-state index in [4.69, 9.17) is 10.2 Å². The van der Waals surface area contributed by atoms with Crippen molar-refractivity contribution in [3.8, 4) is 5.75 Å². The van der Waals surface area contributed by atoms with Gasteiger partial charge in [0.25, 0.3) is 0 Å². The molecule has 1 aromatic carbocycles. The number of benzene rings is 1. The summed E-state index contributed by atoms with van der Waals surface area (Å²) < 4.78 is 31.0. The van der Waals surface area contributed by atoms with Gasteiger partial charge in [0.2, 0.25) is 5.82 Å². The summed E-state index contributed by atoms with van der Waals surface area (Å²) in [7, 11) is 0. The van der Waals surface area contributed by atoms with Gasteiger partial charge in [-0.3, -0.25) is 4.79 Å². The van der Waals surface area contributed by atoms with E-state index in [0.29, 0.717) is 0 Å². The van der Waals surface area contributed by atoms with Crippen molar-refractivity contribution in [2.75, 3.05) is 0 Å². The third-order valence-corrected chi connectivity index (χ3v) is 2.31. The number of hydrogen-bond acceptors (Lipinski definition) is 4. The SMILES string of the molecule is O=C(O)Cc1cc2cc(F)c(O)c(F)c2oc1=O. The molecule has 0 aliphatic rings. The zero-order valence-electron chi connectivity index (χ0n) is 8.74. The van der Waals surface area contributed by atoms with Gasteiger partial charge in [-0.1, -0.05) is 0 Å². The van der Waals surface area contributed by atoms with Crippen LogP contribution in [0.2, 0.25) is 0 Å². The quantitative estimate of drug-likeness (QED) is 0.793. The Balaban J connectivity index is 2.76. The topological polar surface area (TPSA) is 87.7 Å². The van der Waals surface area contributed by atoms with Crippen molar-refractivity contribution in [2.24, 2.45) is 0 Å². The smallest absolute Gasteiger partial charge is 0.340 e. The maximum Gasteiger partial charge on any atom is 0.340 e. The highest BCUT2D eigenvalue weighted by molar-refractivity contribution is 5.80. The molecule has 0 aliphatic heterocycles. The molecule has 1 heterocycles. The lowest BCUT2D eigenvalue weighted by atomic mass is 10.1. The average molecular weight is 256 g/mol. The van der Waals surface area contributed by atoms with Crippen LogP contribution in [0.25, 0.3) is 11.0 Å².